The van der Waals surface area contributed by atoms with E-state index < -0.39 is 34.3 Å². The van der Waals surface area contributed by atoms with E-state index in [9.17, 15) is 22.4 Å². The molecule has 0 unspecified atom stereocenters. The molecule has 2 amide bonds. The molecule has 0 aliphatic carbocycles. The van der Waals surface area contributed by atoms with Crippen molar-refractivity contribution in [2.45, 2.75) is 37.6 Å². The Kier molecular flexibility index (Phi) is 11.1. The van der Waals surface area contributed by atoms with E-state index in [2.05, 4.69) is 5.32 Å². The number of carbonyl (C=O) groups excluding carboxylic acids is 2. The van der Waals surface area contributed by atoms with E-state index >= 15 is 0 Å². The van der Waals surface area contributed by atoms with E-state index in [1.165, 1.54) is 49.5 Å². The Morgan fingerprint density at radius 3 is 2.17 bits per heavy atom. The number of likely N-dealkylation sites (N-methyl/N-ethyl adjacent to an activating group) is 1. The van der Waals surface area contributed by atoms with Crippen molar-refractivity contribution in [1.82, 2.24) is 10.2 Å². The van der Waals surface area contributed by atoms with Crippen LogP contribution in [0.1, 0.15) is 25.8 Å². The molecule has 0 bridgehead atoms. The molecular formula is C30H36FN3O6S. The van der Waals surface area contributed by atoms with Gasteiger partial charge in [0.25, 0.3) is 10.0 Å². The third kappa shape index (κ3) is 7.75. The molecule has 11 heteroatoms. The molecule has 0 saturated carbocycles. The van der Waals surface area contributed by atoms with Gasteiger partial charge in [0.1, 0.15) is 18.4 Å². The van der Waals surface area contributed by atoms with Crippen LogP contribution in [-0.4, -0.2) is 65.0 Å². The quantitative estimate of drug-likeness (QED) is 0.306. The van der Waals surface area contributed by atoms with Crippen LogP contribution in [0.2, 0.25) is 0 Å². The lowest BCUT2D eigenvalue weighted by atomic mass is 10.1. The lowest BCUT2D eigenvalue weighted by Crippen LogP contribution is -2.53. The van der Waals surface area contributed by atoms with Crippen LogP contribution < -0.4 is 19.1 Å². The van der Waals surface area contributed by atoms with Gasteiger partial charge < -0.3 is 19.7 Å². The number of hydrogen-bond acceptors (Lipinski definition) is 6. The zero-order chi connectivity index (χ0) is 30.0. The molecule has 3 aromatic rings. The number of amides is 2. The van der Waals surface area contributed by atoms with Crippen LogP contribution in [-0.2, 0) is 26.0 Å². The number of nitrogens with zero attached hydrogens (tertiary/aromatic N) is 2. The summed E-state index contributed by atoms with van der Waals surface area (Å²) in [6.45, 7) is 3.53. The average molecular weight is 586 g/mol. The van der Waals surface area contributed by atoms with Crippen molar-refractivity contribution in [3.05, 3.63) is 84.2 Å². The first-order chi connectivity index (χ1) is 19.7. The largest absolute Gasteiger partial charge is 0.493 e. The molecule has 0 aliphatic heterocycles. The van der Waals surface area contributed by atoms with E-state index in [4.69, 9.17) is 9.47 Å². The SMILES string of the molecule is CCNC(=O)[C@@H](CC)N(CCc1ccccc1)C(=O)CN(c1ccc(F)cc1)S(=O)(=O)c1ccc(OC)c(OC)c1. The van der Waals surface area contributed by atoms with Crippen molar-refractivity contribution in [1.29, 1.82) is 0 Å². The molecule has 0 heterocycles. The molecule has 220 valence electrons. The van der Waals surface area contributed by atoms with Crippen LogP contribution in [0.4, 0.5) is 10.1 Å². The third-order valence-corrected chi connectivity index (χ3v) is 8.33. The second-order valence-electron chi connectivity index (χ2n) is 9.15. The molecule has 0 saturated heterocycles. The number of nitrogens with one attached hydrogen (secondary N) is 1. The van der Waals surface area contributed by atoms with Gasteiger partial charge in [-0.05, 0) is 61.7 Å². The third-order valence-electron chi connectivity index (χ3n) is 6.56. The number of hydrogen-bond donors (Lipinski definition) is 1. The van der Waals surface area contributed by atoms with Crippen molar-refractivity contribution < 1.29 is 31.9 Å². The minimum absolute atomic E-state index is 0.0867. The standard InChI is InChI=1S/C30H36FN3O6S/c1-5-26(30(36)32-6-2)33(19-18-22-10-8-7-9-11-22)29(35)21-34(24-14-12-23(31)13-15-24)41(37,38)25-16-17-27(39-3)28(20-25)40-4/h7-17,20,26H,5-6,18-19,21H2,1-4H3,(H,32,36)/t26-/m1/s1. The number of rotatable bonds is 14. The molecule has 0 fully saturated rings. The summed E-state index contributed by atoms with van der Waals surface area (Å²) in [5, 5.41) is 2.77. The molecule has 3 rings (SSSR count). The van der Waals surface area contributed by atoms with Crippen LogP contribution in [0.25, 0.3) is 0 Å². The van der Waals surface area contributed by atoms with Gasteiger partial charge >= 0.3 is 0 Å². The second kappa shape index (κ2) is 14.5. The fourth-order valence-electron chi connectivity index (χ4n) is 4.43. The Morgan fingerprint density at radius 2 is 1.59 bits per heavy atom. The molecule has 0 spiro atoms. The Bertz CT molecular complexity index is 1420. The summed E-state index contributed by atoms with van der Waals surface area (Å²) < 4.78 is 53.2. The maximum atomic E-state index is 14.0. The molecule has 3 aromatic carbocycles. The molecule has 41 heavy (non-hydrogen) atoms. The van der Waals surface area contributed by atoms with E-state index in [1.54, 1.807) is 13.8 Å². The van der Waals surface area contributed by atoms with E-state index in [0.717, 1.165) is 22.0 Å². The molecule has 0 aromatic heterocycles. The summed E-state index contributed by atoms with van der Waals surface area (Å²) in [5.41, 5.74) is 1.05. The zero-order valence-corrected chi connectivity index (χ0v) is 24.5. The Balaban J connectivity index is 2.04. The first-order valence-electron chi connectivity index (χ1n) is 13.3. The summed E-state index contributed by atoms with van der Waals surface area (Å²) >= 11 is 0. The smallest absolute Gasteiger partial charge is 0.264 e. The van der Waals surface area contributed by atoms with Gasteiger partial charge in [-0.15, -0.1) is 0 Å². The monoisotopic (exact) mass is 585 g/mol. The Hall–Kier alpha value is -4.12. The van der Waals surface area contributed by atoms with Gasteiger partial charge in [0.2, 0.25) is 11.8 Å². The number of carbonyl (C=O) groups is 2. The summed E-state index contributed by atoms with van der Waals surface area (Å²) in [5.74, 6) is -0.948. The van der Waals surface area contributed by atoms with E-state index in [1.807, 2.05) is 30.3 Å². The number of ether oxygens (including phenoxy) is 2. The maximum Gasteiger partial charge on any atom is 0.264 e. The number of methoxy groups -OCH3 is 2. The van der Waals surface area contributed by atoms with E-state index in [-0.39, 0.29) is 28.8 Å². The van der Waals surface area contributed by atoms with Crippen LogP contribution >= 0.6 is 0 Å². The topological polar surface area (TPSA) is 105 Å². The highest BCUT2D eigenvalue weighted by molar-refractivity contribution is 7.92. The number of benzene rings is 3. The fraction of sp³-hybridized carbons (Fsp3) is 0.333. The number of anilines is 1. The maximum absolute atomic E-state index is 14.0. The van der Waals surface area contributed by atoms with Gasteiger partial charge in [0, 0.05) is 19.2 Å². The highest BCUT2D eigenvalue weighted by atomic mass is 32.2. The molecule has 0 aliphatic rings. The van der Waals surface area contributed by atoms with Gasteiger partial charge in [-0.1, -0.05) is 37.3 Å². The van der Waals surface area contributed by atoms with Gasteiger partial charge in [-0.2, -0.15) is 0 Å². The van der Waals surface area contributed by atoms with Crippen molar-refractivity contribution >= 4 is 27.5 Å². The van der Waals surface area contributed by atoms with Gasteiger partial charge in [0.05, 0.1) is 24.8 Å². The van der Waals surface area contributed by atoms with Crippen LogP contribution in [0.5, 0.6) is 11.5 Å². The molecule has 0 radical (unpaired) electrons. The van der Waals surface area contributed by atoms with Crippen molar-refractivity contribution in [3.63, 3.8) is 0 Å². The highest BCUT2D eigenvalue weighted by Crippen LogP contribution is 2.32. The lowest BCUT2D eigenvalue weighted by Gasteiger charge is -2.33. The minimum atomic E-state index is -4.36. The predicted molar refractivity (Wildman–Crippen MR) is 155 cm³/mol. The fourth-order valence-corrected chi connectivity index (χ4v) is 5.86. The van der Waals surface area contributed by atoms with E-state index in [0.29, 0.717) is 25.1 Å². The van der Waals surface area contributed by atoms with Gasteiger partial charge in [0.15, 0.2) is 11.5 Å². The van der Waals surface area contributed by atoms with Gasteiger partial charge in [-0.3, -0.25) is 13.9 Å². The molecule has 9 nitrogen and oxygen atoms in total. The Morgan fingerprint density at radius 1 is 0.927 bits per heavy atom. The second-order valence-corrected chi connectivity index (χ2v) is 11.0. The minimum Gasteiger partial charge on any atom is -0.493 e. The summed E-state index contributed by atoms with van der Waals surface area (Å²) in [6, 6.07) is 17.6. The first-order valence-corrected chi connectivity index (χ1v) is 14.7. The normalized spacial score (nSPS) is 11.8. The van der Waals surface area contributed by atoms with Gasteiger partial charge in [-0.25, -0.2) is 12.8 Å². The lowest BCUT2D eigenvalue weighted by molar-refractivity contribution is -0.139. The zero-order valence-electron chi connectivity index (χ0n) is 23.7. The van der Waals surface area contributed by atoms with Crippen LogP contribution in [0.15, 0.2) is 77.7 Å². The summed E-state index contributed by atoms with van der Waals surface area (Å²) in [6.07, 6.45) is 0.785. The molecule has 1 N–H and O–H groups in total. The van der Waals surface area contributed by atoms with Crippen molar-refractivity contribution in [2.24, 2.45) is 0 Å². The average Bonchev–Trinajstić information content (AvgIpc) is 2.98. The first kappa shape index (κ1) is 31.4. The highest BCUT2D eigenvalue weighted by Gasteiger charge is 2.33. The predicted octanol–water partition coefficient (Wildman–Crippen LogP) is 4.02. The van der Waals surface area contributed by atoms with Crippen molar-refractivity contribution in [2.75, 3.05) is 38.2 Å². The summed E-state index contributed by atoms with van der Waals surface area (Å²) in [7, 11) is -1.55. The van der Waals surface area contributed by atoms with Crippen molar-refractivity contribution in [3.8, 4) is 11.5 Å². The Labute approximate surface area is 240 Å². The number of halogens is 1. The molecule has 1 atom stereocenters. The van der Waals surface area contributed by atoms with Crippen LogP contribution in [0, 0.1) is 5.82 Å². The molecular weight excluding hydrogens is 549 g/mol. The van der Waals surface area contributed by atoms with Crippen LogP contribution in [0.3, 0.4) is 0 Å². The number of sulfonamides is 1. The summed E-state index contributed by atoms with van der Waals surface area (Å²) in [4.78, 5) is 28.2.